The first-order valence-corrected chi connectivity index (χ1v) is 5.77. The van der Waals surface area contributed by atoms with Crippen LogP contribution in [0.5, 0.6) is 5.75 Å². The minimum atomic E-state index is -4.75. The van der Waals surface area contributed by atoms with Crippen molar-refractivity contribution in [3.05, 3.63) is 21.9 Å². The lowest BCUT2D eigenvalue weighted by Gasteiger charge is -2.10. The standard InChI is InChI=1S/C7H7F2N3O5S/c1-17-3-2-11-7(12(13)14)5(18(10,15)16)4(3)6(8)9/h2,6H,1H3,(H2,10,15,16). The summed E-state index contributed by atoms with van der Waals surface area (Å²) in [6, 6.07) is 0. The molecule has 0 aliphatic carbocycles. The molecule has 8 nitrogen and oxygen atoms in total. The molecule has 0 aromatic carbocycles. The second-order valence-electron chi connectivity index (χ2n) is 3.00. The fourth-order valence-corrected chi connectivity index (χ4v) is 2.14. The van der Waals surface area contributed by atoms with E-state index in [1.165, 1.54) is 0 Å². The number of nitrogens with two attached hydrogens (primary N) is 1. The van der Waals surface area contributed by atoms with Crippen LogP contribution in [-0.4, -0.2) is 25.4 Å². The van der Waals surface area contributed by atoms with Crippen LogP contribution in [0, 0.1) is 10.1 Å². The number of rotatable bonds is 4. The Balaban J connectivity index is 3.83. The van der Waals surface area contributed by atoms with Crippen LogP contribution in [0.15, 0.2) is 11.1 Å². The molecule has 0 fully saturated rings. The molecular formula is C7H7F2N3O5S. The fourth-order valence-electron chi connectivity index (χ4n) is 1.26. The Kier molecular flexibility index (Phi) is 3.76. The van der Waals surface area contributed by atoms with Crippen LogP contribution < -0.4 is 9.88 Å². The molecule has 0 amide bonds. The normalized spacial score (nSPS) is 11.6. The first-order chi connectivity index (χ1) is 8.20. The molecule has 0 spiro atoms. The molecule has 0 atom stereocenters. The molecule has 1 heterocycles. The van der Waals surface area contributed by atoms with Gasteiger partial charge < -0.3 is 14.9 Å². The van der Waals surface area contributed by atoms with Crippen LogP contribution in [-0.2, 0) is 10.0 Å². The molecule has 0 aliphatic rings. The van der Waals surface area contributed by atoms with E-state index in [0.29, 0.717) is 6.20 Å². The van der Waals surface area contributed by atoms with Crippen LogP contribution in [0.4, 0.5) is 14.6 Å². The number of aromatic nitrogens is 1. The lowest BCUT2D eigenvalue weighted by atomic mass is 10.2. The molecule has 11 heteroatoms. The zero-order chi connectivity index (χ0) is 14.1. The summed E-state index contributed by atoms with van der Waals surface area (Å²) in [4.78, 5) is 11.2. The molecule has 100 valence electrons. The minimum Gasteiger partial charge on any atom is -0.492 e. The molecule has 1 aromatic heterocycles. The third-order valence-electron chi connectivity index (χ3n) is 1.91. The third kappa shape index (κ3) is 2.51. The molecule has 0 saturated carbocycles. The van der Waals surface area contributed by atoms with Crippen LogP contribution in [0.3, 0.4) is 0 Å². The van der Waals surface area contributed by atoms with Gasteiger partial charge in [0, 0.05) is 0 Å². The van der Waals surface area contributed by atoms with Gasteiger partial charge in [-0.3, -0.25) is 0 Å². The number of halogens is 2. The van der Waals surface area contributed by atoms with Crippen LogP contribution >= 0.6 is 0 Å². The highest BCUT2D eigenvalue weighted by molar-refractivity contribution is 7.89. The number of nitro groups is 1. The van der Waals surface area contributed by atoms with E-state index >= 15 is 0 Å². The molecule has 2 N–H and O–H groups in total. The van der Waals surface area contributed by atoms with Gasteiger partial charge in [0.15, 0.2) is 16.8 Å². The highest BCUT2D eigenvalue weighted by Crippen LogP contribution is 2.37. The van der Waals surface area contributed by atoms with Crippen molar-refractivity contribution in [2.24, 2.45) is 5.14 Å². The van der Waals surface area contributed by atoms with Crippen molar-refractivity contribution in [3.63, 3.8) is 0 Å². The van der Waals surface area contributed by atoms with E-state index in [1.807, 2.05) is 0 Å². The van der Waals surface area contributed by atoms with Gasteiger partial charge in [0.1, 0.15) is 0 Å². The Morgan fingerprint density at radius 2 is 2.11 bits per heavy atom. The average molecular weight is 283 g/mol. The minimum absolute atomic E-state index is 0.598. The number of hydrogen-bond acceptors (Lipinski definition) is 6. The van der Waals surface area contributed by atoms with Gasteiger partial charge in [-0.1, -0.05) is 0 Å². The first kappa shape index (κ1) is 14.2. The maximum Gasteiger partial charge on any atom is 0.384 e. The maximum absolute atomic E-state index is 12.8. The molecule has 0 unspecified atom stereocenters. The second kappa shape index (κ2) is 4.78. The van der Waals surface area contributed by atoms with Crippen molar-refractivity contribution in [2.45, 2.75) is 11.3 Å². The van der Waals surface area contributed by atoms with Gasteiger partial charge in [0.2, 0.25) is 10.0 Å². The van der Waals surface area contributed by atoms with Gasteiger partial charge in [-0.05, 0) is 9.91 Å². The largest absolute Gasteiger partial charge is 0.492 e. The summed E-state index contributed by atoms with van der Waals surface area (Å²) in [6.45, 7) is 0. The number of primary sulfonamides is 1. The Labute approximate surface area is 99.6 Å². The van der Waals surface area contributed by atoms with Crippen molar-refractivity contribution in [1.29, 1.82) is 0 Å². The molecule has 18 heavy (non-hydrogen) atoms. The smallest absolute Gasteiger partial charge is 0.384 e. The van der Waals surface area contributed by atoms with E-state index < -0.39 is 43.4 Å². The highest BCUT2D eigenvalue weighted by Gasteiger charge is 2.35. The lowest BCUT2D eigenvalue weighted by Crippen LogP contribution is -2.18. The van der Waals surface area contributed by atoms with Crippen LogP contribution in [0.2, 0.25) is 0 Å². The Morgan fingerprint density at radius 3 is 2.44 bits per heavy atom. The van der Waals surface area contributed by atoms with E-state index in [1.54, 1.807) is 0 Å². The van der Waals surface area contributed by atoms with Crippen molar-refractivity contribution in [1.82, 2.24) is 4.98 Å². The lowest BCUT2D eigenvalue weighted by molar-refractivity contribution is -0.392. The molecular weight excluding hydrogens is 276 g/mol. The summed E-state index contributed by atoms with van der Waals surface area (Å²) >= 11 is 0. The molecule has 1 rings (SSSR count). The monoisotopic (exact) mass is 283 g/mol. The summed E-state index contributed by atoms with van der Waals surface area (Å²) in [6.07, 6.45) is -2.69. The molecule has 0 saturated heterocycles. The van der Waals surface area contributed by atoms with Gasteiger partial charge in [-0.15, -0.1) is 0 Å². The predicted molar refractivity (Wildman–Crippen MR) is 53.8 cm³/mol. The number of sulfonamides is 1. The number of alkyl halides is 2. The fraction of sp³-hybridized carbons (Fsp3) is 0.286. The summed E-state index contributed by atoms with van der Waals surface area (Å²) in [5, 5.41) is 15.3. The van der Waals surface area contributed by atoms with Crippen molar-refractivity contribution < 1.29 is 26.9 Å². The Bertz CT molecular complexity index is 589. The predicted octanol–water partition coefficient (Wildman–Crippen LogP) is 0.583. The molecule has 0 radical (unpaired) electrons. The number of nitrogens with zero attached hydrogens (tertiary/aromatic N) is 2. The average Bonchev–Trinajstić information content (AvgIpc) is 2.25. The zero-order valence-corrected chi connectivity index (χ0v) is 9.65. The first-order valence-electron chi connectivity index (χ1n) is 4.22. The van der Waals surface area contributed by atoms with Crippen LogP contribution in [0.1, 0.15) is 12.0 Å². The number of pyridine rings is 1. The van der Waals surface area contributed by atoms with Gasteiger partial charge in [0.25, 0.3) is 6.43 Å². The van der Waals surface area contributed by atoms with E-state index in [4.69, 9.17) is 5.14 Å². The summed E-state index contributed by atoms with van der Waals surface area (Å²) in [7, 11) is -3.76. The summed E-state index contributed by atoms with van der Waals surface area (Å²) in [5.41, 5.74) is -1.18. The van der Waals surface area contributed by atoms with Crippen LogP contribution in [0.25, 0.3) is 0 Å². The van der Waals surface area contributed by atoms with E-state index in [0.717, 1.165) is 7.11 Å². The quantitative estimate of drug-likeness (QED) is 0.636. The molecule has 0 bridgehead atoms. The Morgan fingerprint density at radius 1 is 1.56 bits per heavy atom. The van der Waals surface area contributed by atoms with Gasteiger partial charge >= 0.3 is 5.82 Å². The SMILES string of the molecule is COc1cnc([N+](=O)[O-])c(S(N)(=O)=O)c1C(F)F. The highest BCUT2D eigenvalue weighted by atomic mass is 32.2. The molecule has 0 aliphatic heterocycles. The maximum atomic E-state index is 12.8. The van der Waals surface area contributed by atoms with E-state index in [-0.39, 0.29) is 0 Å². The van der Waals surface area contributed by atoms with Crippen molar-refractivity contribution in [3.8, 4) is 5.75 Å². The number of ether oxygens (including phenoxy) is 1. The van der Waals surface area contributed by atoms with Gasteiger partial charge in [-0.25, -0.2) is 22.3 Å². The summed E-state index contributed by atoms with van der Waals surface area (Å²) in [5.74, 6) is -1.87. The van der Waals surface area contributed by atoms with E-state index in [9.17, 15) is 27.3 Å². The third-order valence-corrected chi connectivity index (χ3v) is 2.88. The van der Waals surface area contributed by atoms with Gasteiger partial charge in [0.05, 0.1) is 12.7 Å². The zero-order valence-electron chi connectivity index (χ0n) is 8.83. The van der Waals surface area contributed by atoms with E-state index in [2.05, 4.69) is 9.72 Å². The second-order valence-corrected chi connectivity index (χ2v) is 4.49. The molecule has 1 aromatic rings. The van der Waals surface area contributed by atoms with Gasteiger partial charge in [-0.2, -0.15) is 0 Å². The topological polar surface area (TPSA) is 125 Å². The number of hydrogen-bond donors (Lipinski definition) is 1. The van der Waals surface area contributed by atoms with Crippen molar-refractivity contribution in [2.75, 3.05) is 7.11 Å². The summed E-state index contributed by atoms with van der Waals surface area (Å²) < 4.78 is 52.5. The Hall–Kier alpha value is -1.88. The van der Waals surface area contributed by atoms with Crippen molar-refractivity contribution >= 4 is 15.8 Å². The number of methoxy groups -OCH3 is 1.